The fourth-order valence-electron chi connectivity index (χ4n) is 13.4. The van der Waals surface area contributed by atoms with Gasteiger partial charge >= 0.3 is 0 Å². The predicted octanol–water partition coefficient (Wildman–Crippen LogP) is 9.97. The Hall–Kier alpha value is -2.89. The zero-order valence-electron chi connectivity index (χ0n) is 30.9. The van der Waals surface area contributed by atoms with Crippen LogP contribution in [0.25, 0.3) is 5.57 Å². The van der Waals surface area contributed by atoms with Crippen molar-refractivity contribution in [3.63, 3.8) is 0 Å². The van der Waals surface area contributed by atoms with Crippen molar-refractivity contribution < 1.29 is 19.7 Å². The van der Waals surface area contributed by atoms with E-state index < -0.39 is 6.29 Å². The topological polar surface area (TPSA) is 78.8 Å². The van der Waals surface area contributed by atoms with Gasteiger partial charge in [-0.25, -0.2) is 0 Å². The second-order valence-electron chi connectivity index (χ2n) is 18.1. The van der Waals surface area contributed by atoms with Crippen LogP contribution in [0.15, 0.2) is 66.8 Å². The van der Waals surface area contributed by atoms with Crippen LogP contribution in [-0.2, 0) is 4.79 Å². The molecule has 5 nitrogen and oxygen atoms in total. The summed E-state index contributed by atoms with van der Waals surface area (Å²) in [4.78, 5) is 14.5. The Kier molecular flexibility index (Phi) is 8.35. The van der Waals surface area contributed by atoms with E-state index in [9.17, 15) is 15.0 Å². The van der Waals surface area contributed by atoms with Gasteiger partial charge in [0.15, 0.2) is 6.29 Å². The van der Waals surface area contributed by atoms with Crippen LogP contribution in [0.5, 0.6) is 5.75 Å². The molecule has 5 heteroatoms. The van der Waals surface area contributed by atoms with Crippen molar-refractivity contribution in [2.45, 2.75) is 106 Å². The van der Waals surface area contributed by atoms with Crippen molar-refractivity contribution in [3.8, 4) is 5.75 Å². The Labute approximate surface area is 294 Å². The van der Waals surface area contributed by atoms with Gasteiger partial charge < -0.3 is 20.3 Å². The van der Waals surface area contributed by atoms with Gasteiger partial charge in [-0.1, -0.05) is 77.1 Å². The lowest BCUT2D eigenvalue weighted by Gasteiger charge is -2.72. The van der Waals surface area contributed by atoms with Gasteiger partial charge in [0, 0.05) is 11.3 Å². The first kappa shape index (κ1) is 34.6. The lowest BCUT2D eigenvalue weighted by molar-refractivity contribution is -0.224. The van der Waals surface area contributed by atoms with E-state index >= 15 is 0 Å². The van der Waals surface area contributed by atoms with Crippen LogP contribution < -0.4 is 10.1 Å². The zero-order valence-corrected chi connectivity index (χ0v) is 30.9. The first-order valence-corrected chi connectivity index (χ1v) is 18.9. The van der Waals surface area contributed by atoms with Gasteiger partial charge in [-0.3, -0.25) is 4.79 Å². The summed E-state index contributed by atoms with van der Waals surface area (Å²) in [6, 6.07) is 15.6. The minimum atomic E-state index is -1.44. The molecule has 0 saturated heterocycles. The molecular formula is C44H59NO4. The number of rotatable bonds is 6. The third kappa shape index (κ3) is 4.95. The van der Waals surface area contributed by atoms with Crippen LogP contribution in [0.1, 0.15) is 117 Å². The van der Waals surface area contributed by atoms with E-state index in [1.54, 1.807) is 7.11 Å². The molecule has 0 unspecified atom stereocenters. The molecule has 0 radical (unpaired) electrons. The number of methoxy groups -OCH3 is 1. The number of aliphatic hydroxyl groups is 2. The summed E-state index contributed by atoms with van der Waals surface area (Å²) >= 11 is 0. The van der Waals surface area contributed by atoms with Crippen molar-refractivity contribution in [1.82, 2.24) is 0 Å². The predicted molar refractivity (Wildman–Crippen MR) is 198 cm³/mol. The smallest absolute Gasteiger partial charge is 0.230 e. The second kappa shape index (κ2) is 11.8. The molecule has 2 aromatic carbocycles. The van der Waals surface area contributed by atoms with E-state index in [1.165, 1.54) is 42.4 Å². The van der Waals surface area contributed by atoms with Gasteiger partial charge in [0.2, 0.25) is 5.91 Å². The fraction of sp³-hybridized carbons (Fsp3) is 0.614. The molecule has 0 aromatic heterocycles. The molecular weight excluding hydrogens is 606 g/mol. The maximum absolute atomic E-state index is 14.5. The lowest BCUT2D eigenvalue weighted by Crippen LogP contribution is -2.66. The number of anilines is 1. The normalized spacial score (nSPS) is 39.1. The van der Waals surface area contributed by atoms with Gasteiger partial charge in [0.05, 0.1) is 12.5 Å². The number of nitrogens with one attached hydrogen (secondary N) is 1. The highest BCUT2D eigenvalue weighted by molar-refractivity contribution is 5.96. The first-order chi connectivity index (χ1) is 23.1. The Balaban J connectivity index is 1.21. The number of allylic oxidation sites excluding steroid dienone is 3. The van der Waals surface area contributed by atoms with Crippen LogP contribution in [0.2, 0.25) is 0 Å². The van der Waals surface area contributed by atoms with E-state index in [4.69, 9.17) is 4.74 Å². The van der Waals surface area contributed by atoms with E-state index in [2.05, 4.69) is 71.6 Å². The number of amides is 1. The minimum Gasteiger partial charge on any atom is -0.497 e. The van der Waals surface area contributed by atoms with E-state index in [-0.39, 0.29) is 33.0 Å². The van der Waals surface area contributed by atoms with Crippen molar-refractivity contribution in [1.29, 1.82) is 0 Å². The summed E-state index contributed by atoms with van der Waals surface area (Å²) < 4.78 is 5.37. The standard InChI is InChI=1S/C44H59NO4/c1-27(2)32-19-24-44(39(48)45-30-13-15-31(49-8)16-14-30)26-25-42(6)34(37(32)44)17-18-36-41(5)22-20-33(28-9-11-29(12-10-28)38(46)47)40(3,4)35(41)21-23-43(36,42)7/h9-16,20,32,34-38,46-47H,1,17-19,21-26H2,2-8H3,(H,45,48)/t32-,34+,35-,36+,37+,41-,42+,43+,44-/m0/s1. The number of hydrogen-bond donors (Lipinski definition) is 3. The molecule has 5 aliphatic rings. The molecule has 0 aliphatic heterocycles. The maximum Gasteiger partial charge on any atom is 0.230 e. The maximum atomic E-state index is 14.5. The monoisotopic (exact) mass is 665 g/mol. The molecule has 2 aromatic rings. The molecule has 9 atom stereocenters. The summed E-state index contributed by atoms with van der Waals surface area (Å²) in [5, 5.41) is 22.7. The van der Waals surface area contributed by atoms with Crippen LogP contribution in [0, 0.1) is 56.7 Å². The van der Waals surface area contributed by atoms with Crippen LogP contribution in [0.4, 0.5) is 5.69 Å². The Morgan fingerprint density at radius 2 is 1.55 bits per heavy atom. The summed E-state index contributed by atoms with van der Waals surface area (Å²) in [6.45, 7) is 19.6. The molecule has 3 N–H and O–H groups in total. The van der Waals surface area contributed by atoms with E-state index in [0.29, 0.717) is 35.2 Å². The Morgan fingerprint density at radius 3 is 2.18 bits per heavy atom. The highest BCUT2D eigenvalue weighted by Crippen LogP contribution is 2.77. The average molecular weight is 666 g/mol. The molecule has 0 spiro atoms. The zero-order chi connectivity index (χ0) is 35.1. The molecule has 0 heterocycles. The molecule has 264 valence electrons. The number of carbonyl (C=O) groups excluding carboxylic acids is 1. The van der Waals surface area contributed by atoms with Crippen molar-refractivity contribution >= 4 is 17.2 Å². The third-order valence-electron chi connectivity index (χ3n) is 16.0. The summed E-state index contributed by atoms with van der Waals surface area (Å²) in [5.74, 6) is 3.39. The highest BCUT2D eigenvalue weighted by atomic mass is 16.5. The average Bonchev–Trinajstić information content (AvgIpc) is 3.47. The van der Waals surface area contributed by atoms with Crippen molar-refractivity contribution in [3.05, 3.63) is 77.9 Å². The lowest BCUT2D eigenvalue weighted by atomic mass is 9.32. The quantitative estimate of drug-likeness (QED) is 0.212. The number of aliphatic hydroxyl groups excluding tert-OH is 1. The van der Waals surface area contributed by atoms with Gasteiger partial charge in [0.1, 0.15) is 5.75 Å². The molecule has 1 amide bonds. The third-order valence-corrected chi connectivity index (χ3v) is 16.0. The molecule has 4 saturated carbocycles. The SMILES string of the molecule is C=C(C)[C@@H]1CC[C@]2(C(=O)Nc3ccc(OC)cc3)CC[C@]3(C)[C@H](CC[C@@H]4[C@@]5(C)CC=C(c6ccc(C(O)O)cc6)C(C)(C)[C@@H]5CC[C@]43C)[C@@H]12. The van der Waals surface area contributed by atoms with Crippen LogP contribution >= 0.6 is 0 Å². The van der Waals surface area contributed by atoms with Crippen LogP contribution in [0.3, 0.4) is 0 Å². The number of hydrogen-bond acceptors (Lipinski definition) is 4. The van der Waals surface area contributed by atoms with E-state index in [1.807, 2.05) is 36.4 Å². The molecule has 5 aliphatic carbocycles. The molecule has 4 fully saturated rings. The van der Waals surface area contributed by atoms with Gasteiger partial charge in [-0.15, -0.1) is 0 Å². The number of fused-ring (bicyclic) bond motifs is 7. The number of ether oxygens (including phenoxy) is 1. The van der Waals surface area contributed by atoms with Gasteiger partial charge in [-0.2, -0.15) is 0 Å². The Morgan fingerprint density at radius 1 is 0.857 bits per heavy atom. The largest absolute Gasteiger partial charge is 0.497 e. The van der Waals surface area contributed by atoms with Crippen molar-refractivity contribution in [2.24, 2.45) is 56.7 Å². The van der Waals surface area contributed by atoms with Gasteiger partial charge in [-0.05, 0) is 151 Å². The second-order valence-corrected chi connectivity index (χ2v) is 18.1. The summed E-state index contributed by atoms with van der Waals surface area (Å²) in [5.41, 5.74) is 5.43. The first-order valence-electron chi connectivity index (χ1n) is 18.9. The Bertz CT molecular complexity index is 1640. The van der Waals surface area contributed by atoms with Gasteiger partial charge in [0.25, 0.3) is 0 Å². The number of benzene rings is 2. The summed E-state index contributed by atoms with van der Waals surface area (Å²) in [6.07, 6.45) is 11.1. The highest BCUT2D eigenvalue weighted by Gasteiger charge is 2.71. The van der Waals surface area contributed by atoms with E-state index in [0.717, 1.165) is 43.5 Å². The molecule has 7 rings (SSSR count). The number of carbonyl (C=O) groups is 1. The van der Waals surface area contributed by atoms with Crippen molar-refractivity contribution in [2.75, 3.05) is 12.4 Å². The molecule has 0 bridgehead atoms. The van der Waals surface area contributed by atoms with Crippen LogP contribution in [-0.4, -0.2) is 23.2 Å². The minimum absolute atomic E-state index is 0.00317. The molecule has 49 heavy (non-hydrogen) atoms. The fourth-order valence-corrected chi connectivity index (χ4v) is 13.4. The summed E-state index contributed by atoms with van der Waals surface area (Å²) in [7, 11) is 1.67.